The van der Waals surface area contributed by atoms with Crippen molar-refractivity contribution in [1.29, 1.82) is 0 Å². The van der Waals surface area contributed by atoms with Crippen LogP contribution in [-0.4, -0.2) is 34.8 Å². The quantitative estimate of drug-likeness (QED) is 0.246. The average molecular weight is 582 g/mol. The van der Waals surface area contributed by atoms with Crippen LogP contribution in [0.1, 0.15) is 48.2 Å². The van der Waals surface area contributed by atoms with Crippen molar-refractivity contribution in [3.8, 4) is 11.1 Å². The number of ketones is 1. The number of nitrogens with one attached hydrogen (secondary N) is 3. The molecule has 0 radical (unpaired) electrons. The van der Waals surface area contributed by atoms with Gasteiger partial charge in [0, 0.05) is 34.8 Å². The number of hydrogen-bond donors (Lipinski definition) is 4. The number of benzene rings is 3. The van der Waals surface area contributed by atoms with Gasteiger partial charge in [-0.3, -0.25) is 14.4 Å². The lowest BCUT2D eigenvalue weighted by Gasteiger charge is -2.28. The summed E-state index contributed by atoms with van der Waals surface area (Å²) in [5.74, 6) is -2.60. The number of urea groups is 1. The van der Waals surface area contributed by atoms with Gasteiger partial charge in [0.15, 0.2) is 5.78 Å². The lowest BCUT2D eigenvalue weighted by atomic mass is 9.75. The molecule has 0 saturated heterocycles. The molecule has 4 N–H and O–H groups in total. The molecule has 0 heterocycles. The first-order valence-corrected chi connectivity index (χ1v) is 13.4. The molecule has 11 heteroatoms. The Bertz CT molecular complexity index is 1500. The summed E-state index contributed by atoms with van der Waals surface area (Å²) in [4.78, 5) is 49.1. The van der Waals surface area contributed by atoms with Gasteiger partial charge in [-0.15, -0.1) is 0 Å². The van der Waals surface area contributed by atoms with Gasteiger partial charge in [0.25, 0.3) is 0 Å². The van der Waals surface area contributed by atoms with Crippen LogP contribution in [0, 0.1) is 11.8 Å². The Balaban J connectivity index is 1.38. The second-order valence-corrected chi connectivity index (χ2v) is 10.4. The Morgan fingerprint density at radius 1 is 0.929 bits per heavy atom. The minimum atomic E-state index is -4.52. The Hall–Kier alpha value is -4.67. The number of anilines is 2. The molecule has 1 aliphatic carbocycles. The number of hydrogen-bond acceptors (Lipinski definition) is 4. The largest absolute Gasteiger partial charge is 0.481 e. The molecule has 0 fully saturated rings. The highest BCUT2D eigenvalue weighted by atomic mass is 19.4. The number of aliphatic carboxylic acids is 1. The van der Waals surface area contributed by atoms with Crippen LogP contribution in [0.3, 0.4) is 0 Å². The summed E-state index contributed by atoms with van der Waals surface area (Å²) in [6.45, 7) is 3.29. The summed E-state index contributed by atoms with van der Waals surface area (Å²) in [6.07, 6.45) is -3.64. The third kappa shape index (κ3) is 7.34. The Morgan fingerprint density at radius 3 is 2.26 bits per heavy atom. The van der Waals surface area contributed by atoms with Crippen LogP contribution in [0.5, 0.6) is 0 Å². The minimum absolute atomic E-state index is 0.00700. The molecule has 3 unspecified atom stereocenters. The number of halogens is 3. The number of rotatable bonds is 8. The molecule has 220 valence electrons. The van der Waals surface area contributed by atoms with E-state index in [4.69, 9.17) is 5.11 Å². The van der Waals surface area contributed by atoms with E-state index < -0.39 is 41.6 Å². The van der Waals surface area contributed by atoms with Gasteiger partial charge in [-0.05, 0) is 66.8 Å². The van der Waals surface area contributed by atoms with Gasteiger partial charge < -0.3 is 21.1 Å². The van der Waals surface area contributed by atoms with Crippen molar-refractivity contribution in [2.75, 3.05) is 10.6 Å². The van der Waals surface area contributed by atoms with Gasteiger partial charge in [-0.25, -0.2) is 4.79 Å². The lowest BCUT2D eigenvalue weighted by Crippen LogP contribution is -2.42. The minimum Gasteiger partial charge on any atom is -0.481 e. The molecule has 1 aliphatic rings. The topological polar surface area (TPSA) is 125 Å². The number of alkyl halides is 3. The fraction of sp³-hybridized carbons (Fsp3) is 0.290. The predicted octanol–water partition coefficient (Wildman–Crippen LogP) is 6.38. The molecule has 3 amide bonds. The van der Waals surface area contributed by atoms with Crippen molar-refractivity contribution in [3.05, 3.63) is 83.4 Å². The first-order valence-electron chi connectivity index (χ1n) is 13.4. The van der Waals surface area contributed by atoms with Crippen LogP contribution in [0.2, 0.25) is 0 Å². The summed E-state index contributed by atoms with van der Waals surface area (Å²) >= 11 is 0. The number of Topliss-reactive ketones (excluding diaryl/α,β-unsaturated/α-hetero) is 1. The molecular weight excluding hydrogens is 551 g/mol. The summed E-state index contributed by atoms with van der Waals surface area (Å²) in [7, 11) is 0. The summed E-state index contributed by atoms with van der Waals surface area (Å²) in [5.41, 5.74) is 2.68. The van der Waals surface area contributed by atoms with Crippen molar-refractivity contribution in [2.45, 2.75) is 45.3 Å². The zero-order chi connectivity index (χ0) is 30.6. The molecule has 0 aliphatic heterocycles. The van der Waals surface area contributed by atoms with Crippen LogP contribution in [0.25, 0.3) is 11.1 Å². The summed E-state index contributed by atoms with van der Waals surface area (Å²) in [6, 6.07) is 15.5. The third-order valence-corrected chi connectivity index (χ3v) is 7.24. The number of carbonyl (C=O) groups excluding carboxylic acids is 3. The van der Waals surface area contributed by atoms with Crippen molar-refractivity contribution < 1.29 is 37.5 Å². The van der Waals surface area contributed by atoms with E-state index in [9.17, 15) is 32.3 Å². The first-order chi connectivity index (χ1) is 19.8. The van der Waals surface area contributed by atoms with Crippen LogP contribution in [0.15, 0.2) is 66.7 Å². The smallest absolute Gasteiger partial charge is 0.416 e. The maximum absolute atomic E-state index is 13.2. The number of aryl methyl sites for hydroxylation is 1. The van der Waals surface area contributed by atoms with E-state index in [0.29, 0.717) is 24.1 Å². The van der Waals surface area contributed by atoms with Crippen LogP contribution < -0.4 is 16.0 Å². The Kier molecular flexibility index (Phi) is 8.99. The van der Waals surface area contributed by atoms with E-state index in [-0.39, 0.29) is 23.8 Å². The lowest BCUT2D eigenvalue weighted by molar-refractivity contribution is -0.138. The van der Waals surface area contributed by atoms with Crippen molar-refractivity contribution in [3.63, 3.8) is 0 Å². The third-order valence-electron chi connectivity index (χ3n) is 7.24. The van der Waals surface area contributed by atoms with Crippen LogP contribution in [-0.2, 0) is 22.2 Å². The monoisotopic (exact) mass is 581 g/mol. The standard InChI is InChI=1S/C31H30F3N3O5/c1-17(14-27(38)39)35-29(41)18(2)25-12-9-21-15-20(8-13-26(21)28(25)40)19-6-10-23(11-7-19)36-30(42)37-24-5-3-4-22(16-24)31(32,33)34/h3-8,10-11,13,15-18,25H,9,12,14H2,1-2H3,(H,35,41)(H,38,39)(H2,36,37,42). The fourth-order valence-electron chi connectivity index (χ4n) is 5.02. The highest BCUT2D eigenvalue weighted by Crippen LogP contribution is 2.34. The molecule has 0 spiro atoms. The second kappa shape index (κ2) is 12.5. The number of carbonyl (C=O) groups is 4. The highest BCUT2D eigenvalue weighted by Gasteiger charge is 2.35. The number of carboxylic acids is 1. The maximum atomic E-state index is 13.2. The molecule has 0 bridgehead atoms. The first kappa shape index (κ1) is 30.3. The van der Waals surface area contributed by atoms with Gasteiger partial charge >= 0.3 is 18.2 Å². The van der Waals surface area contributed by atoms with Crippen LogP contribution in [0.4, 0.5) is 29.3 Å². The second-order valence-electron chi connectivity index (χ2n) is 10.4. The SMILES string of the molecule is CC(CC(=O)O)NC(=O)C(C)C1CCc2cc(-c3ccc(NC(=O)Nc4cccc(C(F)(F)F)c4)cc3)ccc2C1=O. The van der Waals surface area contributed by atoms with E-state index in [1.807, 2.05) is 12.1 Å². The number of fused-ring (bicyclic) bond motifs is 1. The molecule has 3 atom stereocenters. The van der Waals surface area contributed by atoms with E-state index in [1.165, 1.54) is 12.1 Å². The molecule has 0 saturated carbocycles. The van der Waals surface area contributed by atoms with E-state index in [1.54, 1.807) is 44.2 Å². The summed E-state index contributed by atoms with van der Waals surface area (Å²) in [5, 5.41) is 16.6. The summed E-state index contributed by atoms with van der Waals surface area (Å²) < 4.78 is 38.7. The Labute approximate surface area is 240 Å². The van der Waals surface area contributed by atoms with Gasteiger partial charge in [-0.1, -0.05) is 43.3 Å². The average Bonchev–Trinajstić information content (AvgIpc) is 2.92. The van der Waals surface area contributed by atoms with E-state index >= 15 is 0 Å². The zero-order valence-electron chi connectivity index (χ0n) is 22.9. The molecule has 3 aromatic carbocycles. The van der Waals surface area contributed by atoms with E-state index in [2.05, 4.69) is 16.0 Å². The molecule has 3 aromatic rings. The fourth-order valence-corrected chi connectivity index (χ4v) is 5.02. The molecular formula is C31H30F3N3O5. The number of carboxylic acid groups (broad SMARTS) is 1. The highest BCUT2D eigenvalue weighted by molar-refractivity contribution is 6.03. The van der Waals surface area contributed by atoms with Crippen LogP contribution >= 0.6 is 0 Å². The van der Waals surface area contributed by atoms with Gasteiger partial charge in [0.2, 0.25) is 5.91 Å². The van der Waals surface area contributed by atoms with Gasteiger partial charge in [0.1, 0.15) is 0 Å². The van der Waals surface area contributed by atoms with Crippen molar-refractivity contribution in [2.24, 2.45) is 11.8 Å². The normalized spacial score (nSPS) is 16.1. The molecule has 8 nitrogen and oxygen atoms in total. The number of amides is 3. The molecule has 0 aromatic heterocycles. The maximum Gasteiger partial charge on any atom is 0.416 e. The zero-order valence-corrected chi connectivity index (χ0v) is 22.9. The predicted molar refractivity (Wildman–Crippen MR) is 151 cm³/mol. The van der Waals surface area contributed by atoms with Gasteiger partial charge in [0.05, 0.1) is 12.0 Å². The molecule has 4 rings (SSSR count). The van der Waals surface area contributed by atoms with Crippen molar-refractivity contribution >= 4 is 35.1 Å². The van der Waals surface area contributed by atoms with Gasteiger partial charge in [-0.2, -0.15) is 13.2 Å². The van der Waals surface area contributed by atoms with Crippen molar-refractivity contribution in [1.82, 2.24) is 5.32 Å². The van der Waals surface area contributed by atoms with E-state index in [0.717, 1.165) is 28.8 Å². The Morgan fingerprint density at radius 2 is 1.60 bits per heavy atom. The molecule has 42 heavy (non-hydrogen) atoms.